The van der Waals surface area contributed by atoms with E-state index in [0.29, 0.717) is 16.6 Å². The van der Waals surface area contributed by atoms with Crippen LogP contribution in [0.4, 0.5) is 4.79 Å². The highest BCUT2D eigenvalue weighted by Crippen LogP contribution is 2.43. The van der Waals surface area contributed by atoms with Crippen LogP contribution in [-0.4, -0.2) is 26.7 Å². The van der Waals surface area contributed by atoms with Crippen LogP contribution in [0.3, 0.4) is 0 Å². The number of carbonyl (C=O) groups excluding carboxylic acids is 2. The zero-order valence-electron chi connectivity index (χ0n) is 23.9. The molecule has 0 N–H and O–H groups in total. The Labute approximate surface area is 259 Å². The number of Topliss-reactive ketones (excluding diaryl/α,β-unsaturated/α-hetero) is 1. The fourth-order valence-corrected chi connectivity index (χ4v) is 5.78. The largest absolute Gasteiger partial charge is 0.508 e. The summed E-state index contributed by atoms with van der Waals surface area (Å²) in [5.41, 5.74) is 3.63. The van der Waals surface area contributed by atoms with Gasteiger partial charge in [-0.25, -0.2) is 14.5 Å². The van der Waals surface area contributed by atoms with Gasteiger partial charge >= 0.3 is 6.16 Å². The van der Waals surface area contributed by atoms with Crippen LogP contribution in [0.5, 0.6) is 0 Å². The molecule has 0 spiro atoms. The van der Waals surface area contributed by atoms with Crippen molar-refractivity contribution in [3.8, 4) is 0 Å². The summed E-state index contributed by atoms with van der Waals surface area (Å²) in [6.45, 7) is 1.24. The summed E-state index contributed by atoms with van der Waals surface area (Å²) in [5, 5.41) is 5.60. The maximum absolute atomic E-state index is 13.2. The molecule has 0 amide bonds. The second-order valence-corrected chi connectivity index (χ2v) is 10.6. The van der Waals surface area contributed by atoms with Gasteiger partial charge in [-0.05, 0) is 22.3 Å². The number of fused-ring (bicyclic) bond motifs is 1. The molecule has 6 rings (SSSR count). The lowest BCUT2D eigenvalue weighted by Gasteiger charge is -2.37. The zero-order valence-corrected chi connectivity index (χ0v) is 24.6. The number of carbonyl (C=O) groups is 2. The summed E-state index contributed by atoms with van der Waals surface area (Å²) < 4.78 is 12.6. The van der Waals surface area contributed by atoms with Gasteiger partial charge in [-0.3, -0.25) is 4.79 Å². The van der Waals surface area contributed by atoms with Gasteiger partial charge in [0, 0.05) is 13.0 Å². The van der Waals surface area contributed by atoms with Crippen LogP contribution < -0.4 is 0 Å². The molecule has 0 atom stereocenters. The molecule has 4 aromatic carbocycles. The number of nitrogens with zero attached hydrogens (tertiary/aromatic N) is 3. The summed E-state index contributed by atoms with van der Waals surface area (Å²) in [7, 11) is 0. The molecule has 2 heterocycles. The van der Waals surface area contributed by atoms with Crippen molar-refractivity contribution in [3.63, 3.8) is 0 Å². The maximum atomic E-state index is 13.2. The van der Waals surface area contributed by atoms with Crippen LogP contribution in [0.15, 0.2) is 127 Å². The van der Waals surface area contributed by atoms with Crippen molar-refractivity contribution >= 4 is 34.4 Å². The zero-order chi connectivity index (χ0) is 30.5. The quantitative estimate of drug-likeness (QED) is 0.0723. The Morgan fingerprint density at radius 3 is 1.70 bits per heavy atom. The molecule has 0 aliphatic heterocycles. The van der Waals surface area contributed by atoms with E-state index in [9.17, 15) is 9.59 Å². The average Bonchev–Trinajstić information content (AvgIpc) is 3.45. The summed E-state index contributed by atoms with van der Waals surface area (Å²) in [4.78, 5) is 30.2. The number of pyridine rings is 1. The fraction of sp³-hybridized carbons (Fsp3) is 0.111. The first-order valence-electron chi connectivity index (χ1n) is 14.1. The van der Waals surface area contributed by atoms with Gasteiger partial charge in [0.15, 0.2) is 5.78 Å². The van der Waals surface area contributed by atoms with Gasteiger partial charge in [0.25, 0.3) is 0 Å². The van der Waals surface area contributed by atoms with Crippen LogP contribution in [0.2, 0.25) is 5.15 Å². The number of rotatable bonds is 9. The molecule has 0 unspecified atom stereocenters. The highest BCUT2D eigenvalue weighted by Gasteiger charge is 2.41. The Hall–Kier alpha value is -5.27. The molecule has 0 saturated heterocycles. The summed E-state index contributed by atoms with van der Waals surface area (Å²) in [5.74, 6) is -0.270. The van der Waals surface area contributed by atoms with E-state index in [1.165, 1.54) is 6.92 Å². The fourth-order valence-electron chi connectivity index (χ4n) is 5.58. The molecule has 44 heavy (non-hydrogen) atoms. The predicted molar refractivity (Wildman–Crippen MR) is 169 cm³/mol. The Morgan fingerprint density at radius 1 is 0.727 bits per heavy atom. The first-order chi connectivity index (χ1) is 21.5. The predicted octanol–water partition coefficient (Wildman–Crippen LogP) is 7.98. The average molecular weight is 602 g/mol. The normalized spacial score (nSPS) is 11.3. The van der Waals surface area contributed by atoms with Crippen LogP contribution in [0.1, 0.15) is 45.4 Å². The van der Waals surface area contributed by atoms with Gasteiger partial charge in [-0.2, -0.15) is 5.10 Å². The topological polar surface area (TPSA) is 83.3 Å². The van der Waals surface area contributed by atoms with E-state index in [2.05, 4.69) is 4.98 Å². The Morgan fingerprint density at radius 2 is 1.20 bits per heavy atom. The molecule has 0 radical (unpaired) electrons. The first-order valence-corrected chi connectivity index (χ1v) is 14.5. The van der Waals surface area contributed by atoms with Crippen LogP contribution >= 0.6 is 11.6 Å². The van der Waals surface area contributed by atoms with Crippen molar-refractivity contribution in [3.05, 3.63) is 166 Å². The van der Waals surface area contributed by atoms with E-state index in [4.69, 9.17) is 26.2 Å². The van der Waals surface area contributed by atoms with E-state index in [0.717, 1.165) is 22.3 Å². The van der Waals surface area contributed by atoms with Gasteiger partial charge in [-0.15, -0.1) is 0 Å². The lowest BCUT2D eigenvalue weighted by Crippen LogP contribution is -2.38. The van der Waals surface area contributed by atoms with Crippen molar-refractivity contribution in [2.75, 3.05) is 0 Å². The number of ketones is 1. The summed E-state index contributed by atoms with van der Waals surface area (Å²) >= 11 is 6.62. The van der Waals surface area contributed by atoms with Crippen LogP contribution in [0, 0.1) is 0 Å². The third-order valence-corrected chi connectivity index (χ3v) is 7.65. The van der Waals surface area contributed by atoms with E-state index in [1.807, 2.05) is 126 Å². The molecule has 218 valence electrons. The second kappa shape index (κ2) is 12.5. The molecule has 0 aliphatic rings. The number of hydrogen-bond donors (Lipinski definition) is 0. The third-order valence-electron chi connectivity index (χ3n) is 7.46. The maximum Gasteiger partial charge on any atom is 0.508 e. The number of benzene rings is 4. The molecule has 6 aromatic rings. The minimum atomic E-state index is -1.01. The third kappa shape index (κ3) is 5.45. The van der Waals surface area contributed by atoms with Crippen molar-refractivity contribution < 1.29 is 19.1 Å². The lowest BCUT2D eigenvalue weighted by atomic mass is 9.77. The van der Waals surface area contributed by atoms with Crippen LogP contribution in [-0.2, 0) is 28.2 Å². The molecule has 0 saturated carbocycles. The summed E-state index contributed by atoms with van der Waals surface area (Å²) in [6, 6.07) is 40.9. The van der Waals surface area contributed by atoms with Crippen molar-refractivity contribution in [1.29, 1.82) is 0 Å². The highest BCUT2D eigenvalue weighted by atomic mass is 35.5. The minimum absolute atomic E-state index is 0.0580. The molecule has 0 aliphatic carbocycles. The molecule has 0 fully saturated rings. The molecule has 8 heteroatoms. The van der Waals surface area contributed by atoms with Crippen LogP contribution in [0.25, 0.3) is 10.9 Å². The number of ether oxygens (including phenoxy) is 2. The molecule has 7 nitrogen and oxygen atoms in total. The highest BCUT2D eigenvalue weighted by molar-refractivity contribution is 6.30. The SMILES string of the molecule is CC(=O)c1nn(C(c2ccccc2)(c2ccccc2)c2ccccc2)c2cc(Cl)nc(COC(=O)OCc3ccccc3)c12. The Kier molecular flexibility index (Phi) is 8.21. The van der Waals surface area contributed by atoms with Crippen molar-refractivity contribution in [2.24, 2.45) is 0 Å². The second-order valence-electron chi connectivity index (χ2n) is 10.2. The Bertz CT molecular complexity index is 1810. The molecule has 2 aromatic heterocycles. The van der Waals surface area contributed by atoms with Crippen molar-refractivity contribution in [2.45, 2.75) is 25.7 Å². The van der Waals surface area contributed by atoms with E-state index in [-0.39, 0.29) is 29.8 Å². The first kappa shape index (κ1) is 28.8. The van der Waals surface area contributed by atoms with Gasteiger partial charge in [-0.1, -0.05) is 133 Å². The summed E-state index contributed by atoms with van der Waals surface area (Å²) in [6.07, 6.45) is -0.868. The smallest absolute Gasteiger partial charge is 0.429 e. The monoisotopic (exact) mass is 601 g/mol. The number of aromatic nitrogens is 3. The van der Waals surface area contributed by atoms with E-state index in [1.54, 1.807) is 6.07 Å². The minimum Gasteiger partial charge on any atom is -0.429 e. The van der Waals surface area contributed by atoms with Gasteiger partial charge in [0.05, 0.1) is 16.6 Å². The molecular formula is C36H28ClN3O4. The Balaban J connectivity index is 1.53. The van der Waals surface area contributed by atoms with Gasteiger partial charge < -0.3 is 9.47 Å². The number of hydrogen-bond acceptors (Lipinski definition) is 6. The van der Waals surface area contributed by atoms with Gasteiger partial charge in [0.1, 0.15) is 29.6 Å². The molecular weight excluding hydrogens is 574 g/mol. The number of halogens is 1. The molecule has 0 bridgehead atoms. The van der Waals surface area contributed by atoms with E-state index < -0.39 is 11.7 Å². The van der Waals surface area contributed by atoms with E-state index >= 15 is 0 Å². The standard InChI is InChI=1S/C36H28ClN3O4/c1-25(41)34-33-30(24-44-35(42)43-23-26-14-6-2-7-15-26)38-32(37)22-31(33)40(39-34)36(27-16-8-3-9-17-27,28-18-10-4-11-19-28)29-20-12-5-13-21-29/h2-22H,23-24H2,1H3. The van der Waals surface area contributed by atoms with Crippen molar-refractivity contribution in [1.82, 2.24) is 14.8 Å². The van der Waals surface area contributed by atoms with Gasteiger partial charge in [0.2, 0.25) is 0 Å². The lowest BCUT2D eigenvalue weighted by molar-refractivity contribution is 0.0441.